The molecule has 0 saturated carbocycles. The highest BCUT2D eigenvalue weighted by atomic mass is 16.6. The van der Waals surface area contributed by atoms with Crippen LogP contribution in [0.25, 0.3) is 16.6 Å². The summed E-state index contributed by atoms with van der Waals surface area (Å²) in [7, 11) is 0. The smallest absolute Gasteiger partial charge is 0.338 e. The van der Waals surface area contributed by atoms with Crippen LogP contribution in [0, 0.1) is 0 Å². The third kappa shape index (κ3) is 3.08. The Bertz CT molecular complexity index is 899. The molecule has 24 heavy (non-hydrogen) atoms. The van der Waals surface area contributed by atoms with Crippen molar-refractivity contribution >= 4 is 23.2 Å². The fraction of sp³-hybridized carbons (Fsp3) is 0.200. The van der Waals surface area contributed by atoms with E-state index < -0.39 is 5.60 Å². The third-order valence-corrected chi connectivity index (χ3v) is 3.65. The Labute approximate surface area is 140 Å². The number of aromatic nitrogens is 1. The van der Waals surface area contributed by atoms with Crippen LogP contribution in [-0.2, 0) is 4.74 Å². The minimum absolute atomic E-state index is 0.347. The second-order valence-electron chi connectivity index (χ2n) is 6.64. The lowest BCUT2D eigenvalue weighted by Crippen LogP contribution is -2.23. The van der Waals surface area contributed by atoms with Crippen LogP contribution in [0.1, 0.15) is 41.5 Å². The quantitative estimate of drug-likeness (QED) is 0.531. The molecule has 1 heterocycles. The Morgan fingerprint density at radius 2 is 1.71 bits per heavy atom. The van der Waals surface area contributed by atoms with Gasteiger partial charge in [0.1, 0.15) is 5.60 Å². The Morgan fingerprint density at radius 1 is 1.04 bits per heavy atom. The molecule has 0 aliphatic rings. The lowest BCUT2D eigenvalue weighted by atomic mass is 10.1. The van der Waals surface area contributed by atoms with Gasteiger partial charge in [0.05, 0.1) is 11.1 Å². The monoisotopic (exact) mass is 321 g/mol. The number of fused-ring (bicyclic) bond motifs is 1. The summed E-state index contributed by atoms with van der Waals surface area (Å²) in [5.74, 6) is -0.347. The summed E-state index contributed by atoms with van der Waals surface area (Å²) in [5.41, 5.74) is 2.45. The minimum Gasteiger partial charge on any atom is -0.456 e. The van der Waals surface area contributed by atoms with Gasteiger partial charge in [-0.15, -0.1) is 0 Å². The fourth-order valence-corrected chi connectivity index (χ4v) is 2.61. The molecule has 0 fully saturated rings. The maximum atomic E-state index is 12.1. The van der Waals surface area contributed by atoms with Crippen molar-refractivity contribution in [3.05, 3.63) is 65.9 Å². The van der Waals surface area contributed by atoms with Crippen molar-refractivity contribution in [3.8, 4) is 5.69 Å². The van der Waals surface area contributed by atoms with Crippen LogP contribution in [-0.4, -0.2) is 22.4 Å². The number of para-hydroxylation sites is 1. The van der Waals surface area contributed by atoms with E-state index in [2.05, 4.69) is 0 Å². The van der Waals surface area contributed by atoms with Crippen molar-refractivity contribution in [1.29, 1.82) is 0 Å². The minimum atomic E-state index is -0.523. The first-order chi connectivity index (χ1) is 11.4. The molecule has 3 rings (SSSR count). The first-order valence-electron chi connectivity index (χ1n) is 7.78. The standard InChI is InChI=1S/C20H19NO3/c1-20(2,3)24-19(23)14-8-10-16(11-9-14)21-12-15(13-22)17-6-4-5-7-18(17)21/h4-13H,1-3H3. The number of ether oxygens (including phenoxy) is 1. The number of esters is 1. The van der Waals surface area contributed by atoms with Gasteiger partial charge >= 0.3 is 5.97 Å². The van der Waals surface area contributed by atoms with Gasteiger partial charge in [-0.2, -0.15) is 0 Å². The van der Waals surface area contributed by atoms with Crippen LogP contribution in [0.2, 0.25) is 0 Å². The molecule has 0 atom stereocenters. The Hall–Kier alpha value is -2.88. The van der Waals surface area contributed by atoms with Crippen LogP contribution >= 0.6 is 0 Å². The zero-order valence-corrected chi connectivity index (χ0v) is 13.9. The summed E-state index contributed by atoms with van der Waals surface area (Å²) in [6.07, 6.45) is 2.66. The summed E-state index contributed by atoms with van der Waals surface area (Å²) >= 11 is 0. The highest BCUT2D eigenvalue weighted by Crippen LogP contribution is 2.24. The van der Waals surface area contributed by atoms with Gasteiger partial charge in [-0.1, -0.05) is 18.2 Å². The van der Waals surface area contributed by atoms with E-state index in [0.717, 1.165) is 22.9 Å². The predicted octanol–water partition coefficient (Wildman–Crippen LogP) is 4.40. The van der Waals surface area contributed by atoms with Crippen LogP contribution < -0.4 is 0 Å². The van der Waals surface area contributed by atoms with E-state index in [1.165, 1.54) is 0 Å². The number of carbonyl (C=O) groups is 2. The molecule has 0 spiro atoms. The molecule has 0 N–H and O–H groups in total. The number of rotatable bonds is 3. The average molecular weight is 321 g/mol. The third-order valence-electron chi connectivity index (χ3n) is 3.65. The maximum absolute atomic E-state index is 12.1. The van der Waals surface area contributed by atoms with Gasteiger partial charge in [0.2, 0.25) is 0 Å². The summed E-state index contributed by atoms with van der Waals surface area (Å²) in [6.45, 7) is 5.52. The average Bonchev–Trinajstić information content (AvgIpc) is 2.92. The molecule has 4 heteroatoms. The summed E-state index contributed by atoms with van der Waals surface area (Å²) in [5, 5.41) is 0.906. The van der Waals surface area contributed by atoms with Crippen molar-refractivity contribution < 1.29 is 14.3 Å². The van der Waals surface area contributed by atoms with Gasteiger partial charge in [0.15, 0.2) is 6.29 Å². The lowest BCUT2D eigenvalue weighted by Gasteiger charge is -2.19. The van der Waals surface area contributed by atoms with Crippen LogP contribution in [0.4, 0.5) is 0 Å². The van der Waals surface area contributed by atoms with Gasteiger partial charge in [0.25, 0.3) is 0 Å². The van der Waals surface area contributed by atoms with E-state index in [1.54, 1.807) is 18.3 Å². The number of aldehydes is 1. The second kappa shape index (κ2) is 5.96. The largest absolute Gasteiger partial charge is 0.456 e. The van der Waals surface area contributed by atoms with Crippen molar-refractivity contribution in [3.63, 3.8) is 0 Å². The van der Waals surface area contributed by atoms with Crippen LogP contribution in [0.5, 0.6) is 0 Å². The van der Waals surface area contributed by atoms with Crippen molar-refractivity contribution in [1.82, 2.24) is 4.57 Å². The molecule has 0 saturated heterocycles. The Kier molecular flexibility index (Phi) is 3.97. The molecular formula is C20H19NO3. The van der Waals surface area contributed by atoms with Crippen molar-refractivity contribution in [2.45, 2.75) is 26.4 Å². The van der Waals surface area contributed by atoms with Gasteiger partial charge < -0.3 is 9.30 Å². The van der Waals surface area contributed by atoms with Gasteiger partial charge in [-0.3, -0.25) is 4.79 Å². The van der Waals surface area contributed by atoms with Crippen LogP contribution in [0.3, 0.4) is 0 Å². The van der Waals surface area contributed by atoms with E-state index in [0.29, 0.717) is 11.1 Å². The van der Waals surface area contributed by atoms with Gasteiger partial charge in [-0.25, -0.2) is 4.79 Å². The van der Waals surface area contributed by atoms with Gasteiger partial charge in [-0.05, 0) is 51.1 Å². The molecule has 1 aromatic heterocycles. The maximum Gasteiger partial charge on any atom is 0.338 e. The first kappa shape index (κ1) is 16.0. The summed E-state index contributed by atoms with van der Waals surface area (Å²) in [4.78, 5) is 23.4. The molecule has 3 aromatic rings. The van der Waals surface area contributed by atoms with Crippen molar-refractivity contribution in [2.75, 3.05) is 0 Å². The van der Waals surface area contributed by atoms with E-state index in [-0.39, 0.29) is 5.97 Å². The fourth-order valence-electron chi connectivity index (χ4n) is 2.61. The molecule has 0 aliphatic carbocycles. The topological polar surface area (TPSA) is 48.3 Å². The van der Waals surface area contributed by atoms with E-state index in [9.17, 15) is 9.59 Å². The first-order valence-corrected chi connectivity index (χ1v) is 7.78. The zero-order chi connectivity index (χ0) is 17.3. The molecule has 2 aromatic carbocycles. The highest BCUT2D eigenvalue weighted by molar-refractivity contribution is 5.98. The van der Waals surface area contributed by atoms with E-state index in [4.69, 9.17) is 4.74 Å². The molecule has 0 amide bonds. The Morgan fingerprint density at radius 3 is 2.33 bits per heavy atom. The molecule has 4 nitrogen and oxygen atoms in total. The highest BCUT2D eigenvalue weighted by Gasteiger charge is 2.18. The predicted molar refractivity (Wildman–Crippen MR) is 93.8 cm³/mol. The number of nitrogens with zero attached hydrogens (tertiary/aromatic N) is 1. The molecular weight excluding hydrogens is 302 g/mol. The van der Waals surface area contributed by atoms with Crippen molar-refractivity contribution in [2.24, 2.45) is 0 Å². The number of benzene rings is 2. The number of carbonyl (C=O) groups excluding carboxylic acids is 2. The molecule has 0 radical (unpaired) electrons. The molecule has 0 unspecified atom stereocenters. The lowest BCUT2D eigenvalue weighted by molar-refractivity contribution is 0.00695. The summed E-state index contributed by atoms with van der Waals surface area (Å²) in [6, 6.07) is 14.9. The second-order valence-corrected chi connectivity index (χ2v) is 6.64. The molecule has 0 aliphatic heterocycles. The molecule has 0 bridgehead atoms. The molecule has 122 valence electrons. The van der Waals surface area contributed by atoms with Crippen LogP contribution in [0.15, 0.2) is 54.7 Å². The zero-order valence-electron chi connectivity index (χ0n) is 13.9. The Balaban J connectivity index is 1.97. The van der Waals surface area contributed by atoms with E-state index in [1.807, 2.05) is 61.7 Å². The number of hydrogen-bond donors (Lipinski definition) is 0. The number of hydrogen-bond acceptors (Lipinski definition) is 3. The van der Waals surface area contributed by atoms with E-state index >= 15 is 0 Å². The normalized spacial score (nSPS) is 11.5. The SMILES string of the molecule is CC(C)(C)OC(=O)c1ccc(-n2cc(C=O)c3ccccc32)cc1. The summed E-state index contributed by atoms with van der Waals surface area (Å²) < 4.78 is 7.31. The van der Waals surface area contributed by atoms with Gasteiger partial charge in [0, 0.05) is 22.8 Å².